The summed E-state index contributed by atoms with van der Waals surface area (Å²) in [7, 11) is 0. The average molecular weight is 454 g/mol. The normalized spacial score (nSPS) is 11.5. The van der Waals surface area contributed by atoms with Crippen LogP contribution in [0.2, 0.25) is 5.02 Å². The zero-order chi connectivity index (χ0) is 20.7. The van der Waals surface area contributed by atoms with E-state index in [2.05, 4.69) is 39.6 Å². The largest absolute Gasteiger partial charge is 0.302 e. The maximum Gasteiger partial charge on any atom is 0.226 e. The average Bonchev–Trinajstić information content (AvgIpc) is 3.31. The zero-order valence-electron chi connectivity index (χ0n) is 15.9. The van der Waals surface area contributed by atoms with E-state index < -0.39 is 0 Å². The van der Waals surface area contributed by atoms with Crippen molar-refractivity contribution in [1.82, 2.24) is 19.6 Å². The van der Waals surface area contributed by atoms with Crippen molar-refractivity contribution in [2.24, 2.45) is 0 Å². The van der Waals surface area contributed by atoms with E-state index in [1.54, 1.807) is 6.07 Å². The summed E-state index contributed by atoms with van der Waals surface area (Å²) in [6, 6.07) is 15.7. The number of carbonyl (C=O) groups excluding carboxylic acids is 1. The number of thioether (sulfide) groups is 1. The predicted octanol–water partition coefficient (Wildman–Crippen LogP) is 5.57. The Hall–Kier alpha value is -2.68. The molecule has 3 heterocycles. The Labute approximate surface area is 185 Å². The third kappa shape index (κ3) is 3.62. The van der Waals surface area contributed by atoms with Gasteiger partial charge in [0.1, 0.15) is 0 Å². The molecule has 0 atom stereocenters. The Kier molecular flexibility index (Phi) is 5.06. The summed E-state index contributed by atoms with van der Waals surface area (Å²) < 4.78 is 2.99. The molecule has 0 aliphatic heterocycles. The van der Waals surface area contributed by atoms with Crippen LogP contribution in [0.4, 0.5) is 5.13 Å². The molecule has 0 saturated heterocycles. The van der Waals surface area contributed by atoms with Crippen LogP contribution >= 0.6 is 34.7 Å². The van der Waals surface area contributed by atoms with Gasteiger partial charge < -0.3 is 5.32 Å². The number of hydrogen-bond acceptors (Lipinski definition) is 6. The lowest BCUT2D eigenvalue weighted by atomic mass is 10.1. The topological polar surface area (TPSA) is 72.2 Å². The Balaban J connectivity index is 1.29. The lowest BCUT2D eigenvalue weighted by Crippen LogP contribution is -2.12. The monoisotopic (exact) mass is 453 g/mol. The highest BCUT2D eigenvalue weighted by Crippen LogP contribution is 2.29. The van der Waals surface area contributed by atoms with Gasteiger partial charge in [0, 0.05) is 22.6 Å². The predicted molar refractivity (Wildman–Crippen MR) is 124 cm³/mol. The third-order valence-electron chi connectivity index (χ3n) is 4.73. The number of aromatic nitrogens is 4. The highest BCUT2D eigenvalue weighted by molar-refractivity contribution is 7.99. The van der Waals surface area contributed by atoms with Crippen LogP contribution in [-0.4, -0.2) is 31.2 Å². The van der Waals surface area contributed by atoms with E-state index in [9.17, 15) is 4.79 Å². The van der Waals surface area contributed by atoms with Crippen LogP contribution in [0.15, 0.2) is 53.7 Å². The van der Waals surface area contributed by atoms with Crippen LogP contribution in [0, 0.1) is 6.92 Å². The number of hydrogen-bond donors (Lipinski definition) is 1. The molecule has 1 N–H and O–H groups in total. The number of carbonyl (C=O) groups is 1. The first kappa shape index (κ1) is 19.3. The molecule has 0 aliphatic carbocycles. The van der Waals surface area contributed by atoms with E-state index in [1.807, 2.05) is 34.7 Å². The maximum atomic E-state index is 12.4. The van der Waals surface area contributed by atoms with Crippen molar-refractivity contribution < 1.29 is 4.79 Å². The molecule has 3 aromatic heterocycles. The first-order chi connectivity index (χ1) is 14.6. The third-order valence-corrected chi connectivity index (χ3v) is 6.83. The van der Waals surface area contributed by atoms with Gasteiger partial charge in [-0.15, -0.1) is 10.2 Å². The first-order valence-electron chi connectivity index (χ1n) is 9.31. The van der Waals surface area contributed by atoms with E-state index in [4.69, 9.17) is 11.6 Å². The molecule has 0 fully saturated rings. The molecule has 150 valence electrons. The molecule has 0 aliphatic rings. The van der Waals surface area contributed by atoms with Crippen LogP contribution in [0.5, 0.6) is 0 Å². The highest BCUT2D eigenvalue weighted by atomic mass is 35.5. The van der Waals surface area contributed by atoms with Crippen LogP contribution in [0.1, 0.15) is 12.0 Å². The van der Waals surface area contributed by atoms with Gasteiger partial charge in [-0.3, -0.25) is 9.20 Å². The number of rotatable bonds is 5. The summed E-state index contributed by atoms with van der Waals surface area (Å²) in [6.07, 6.45) is 0.347. The standard InChI is InChI=1S/C21H16ClN5OS2/c1-12-10-18-25-26-21(27(18)16-5-3-2-4-14(12)16)29-9-8-19(28)24-20-23-15-7-6-13(22)11-17(15)30-20/h2-7,10-11H,8-9H2,1H3,(H,23,24,28). The number of thiazole rings is 1. The Morgan fingerprint density at radius 2 is 2.07 bits per heavy atom. The molecule has 0 bridgehead atoms. The van der Waals surface area contributed by atoms with E-state index in [0.717, 1.165) is 26.5 Å². The maximum absolute atomic E-state index is 12.4. The molecule has 0 unspecified atom stereocenters. The molecule has 30 heavy (non-hydrogen) atoms. The minimum Gasteiger partial charge on any atom is -0.302 e. The minimum absolute atomic E-state index is 0.0813. The first-order valence-corrected chi connectivity index (χ1v) is 11.5. The van der Waals surface area contributed by atoms with Crippen LogP contribution < -0.4 is 5.32 Å². The van der Waals surface area contributed by atoms with Crippen LogP contribution in [-0.2, 0) is 4.79 Å². The van der Waals surface area contributed by atoms with Gasteiger partial charge in [0.15, 0.2) is 15.9 Å². The minimum atomic E-state index is -0.0813. The summed E-state index contributed by atoms with van der Waals surface area (Å²) in [5.41, 5.74) is 3.87. The molecule has 0 saturated carbocycles. The Bertz CT molecular complexity index is 1410. The van der Waals surface area contributed by atoms with Gasteiger partial charge in [-0.05, 0) is 42.8 Å². The number of nitrogens with one attached hydrogen (secondary N) is 1. The molecular formula is C21H16ClN5OS2. The second-order valence-corrected chi connectivity index (χ2v) is 9.33. The van der Waals surface area contributed by atoms with Crippen molar-refractivity contribution in [3.05, 3.63) is 59.1 Å². The summed E-state index contributed by atoms with van der Waals surface area (Å²) in [5, 5.41) is 14.7. The van der Waals surface area contributed by atoms with Gasteiger partial charge >= 0.3 is 0 Å². The number of halogens is 1. The Morgan fingerprint density at radius 3 is 2.97 bits per heavy atom. The number of para-hydroxylation sites is 1. The molecule has 5 aromatic rings. The van der Waals surface area contributed by atoms with Crippen molar-refractivity contribution in [3.63, 3.8) is 0 Å². The fraction of sp³-hybridized carbons (Fsp3) is 0.143. The number of fused-ring (bicyclic) bond motifs is 4. The van der Waals surface area contributed by atoms with Gasteiger partial charge in [0.25, 0.3) is 0 Å². The smallest absolute Gasteiger partial charge is 0.226 e. The summed E-state index contributed by atoms with van der Waals surface area (Å²) in [4.78, 5) is 16.8. The molecule has 5 rings (SSSR count). The quantitative estimate of drug-likeness (QED) is 0.352. The molecule has 2 aromatic carbocycles. The molecule has 0 radical (unpaired) electrons. The molecule has 0 spiro atoms. The molecular weight excluding hydrogens is 438 g/mol. The van der Waals surface area contributed by atoms with Crippen molar-refractivity contribution in [2.75, 3.05) is 11.1 Å². The van der Waals surface area contributed by atoms with E-state index >= 15 is 0 Å². The van der Waals surface area contributed by atoms with Crippen LogP contribution in [0.25, 0.3) is 26.8 Å². The van der Waals surface area contributed by atoms with Gasteiger partial charge in [-0.25, -0.2) is 4.98 Å². The highest BCUT2D eigenvalue weighted by Gasteiger charge is 2.13. The van der Waals surface area contributed by atoms with Crippen molar-refractivity contribution in [2.45, 2.75) is 18.5 Å². The van der Waals surface area contributed by atoms with Gasteiger partial charge in [-0.2, -0.15) is 0 Å². The summed E-state index contributed by atoms with van der Waals surface area (Å²) in [5.74, 6) is 0.508. The Morgan fingerprint density at radius 1 is 1.20 bits per heavy atom. The lowest BCUT2D eigenvalue weighted by Gasteiger charge is -2.07. The molecule has 9 heteroatoms. The van der Waals surface area contributed by atoms with Gasteiger partial charge in [-0.1, -0.05) is 52.9 Å². The second-order valence-electron chi connectivity index (χ2n) is 6.80. The van der Waals surface area contributed by atoms with Gasteiger partial charge in [0.2, 0.25) is 5.91 Å². The van der Waals surface area contributed by atoms with E-state index in [-0.39, 0.29) is 5.91 Å². The second kappa shape index (κ2) is 7.86. The lowest BCUT2D eigenvalue weighted by molar-refractivity contribution is -0.115. The fourth-order valence-electron chi connectivity index (χ4n) is 3.34. The summed E-state index contributed by atoms with van der Waals surface area (Å²) in [6.45, 7) is 2.07. The number of anilines is 1. The van der Waals surface area contributed by atoms with Crippen molar-refractivity contribution in [3.8, 4) is 0 Å². The number of aryl methyl sites for hydroxylation is 1. The SMILES string of the molecule is Cc1cc2nnc(SCCC(=O)Nc3nc4ccc(Cl)cc4s3)n2c2ccccc12. The van der Waals surface area contributed by atoms with Crippen molar-refractivity contribution in [1.29, 1.82) is 0 Å². The van der Waals surface area contributed by atoms with Crippen LogP contribution in [0.3, 0.4) is 0 Å². The number of benzene rings is 2. The summed E-state index contributed by atoms with van der Waals surface area (Å²) >= 11 is 8.95. The number of nitrogens with zero attached hydrogens (tertiary/aromatic N) is 4. The fourth-order valence-corrected chi connectivity index (χ4v) is 5.38. The molecule has 6 nitrogen and oxygen atoms in total. The van der Waals surface area contributed by atoms with Crippen molar-refractivity contribution >= 4 is 72.5 Å². The number of amides is 1. The molecule has 1 amide bonds. The van der Waals surface area contributed by atoms with E-state index in [1.165, 1.54) is 34.0 Å². The van der Waals surface area contributed by atoms with Gasteiger partial charge in [0.05, 0.1) is 15.7 Å². The zero-order valence-corrected chi connectivity index (χ0v) is 18.3. The van der Waals surface area contributed by atoms with E-state index in [0.29, 0.717) is 22.3 Å². The number of pyridine rings is 1.